The largest absolute Gasteiger partial charge is 0.455 e. The van der Waals surface area contributed by atoms with Crippen LogP contribution in [0.3, 0.4) is 0 Å². The van der Waals surface area contributed by atoms with E-state index in [4.69, 9.17) is 4.42 Å². The van der Waals surface area contributed by atoms with Crippen molar-refractivity contribution in [1.29, 1.82) is 0 Å². The summed E-state index contributed by atoms with van der Waals surface area (Å²) in [5.74, 6) is 0. The fraction of sp³-hybridized carbons (Fsp3) is 0. The molecule has 0 spiro atoms. The molecule has 45 heavy (non-hydrogen) atoms. The summed E-state index contributed by atoms with van der Waals surface area (Å²) in [5.41, 5.74) is 11.3. The number of hydrogen-bond donors (Lipinski definition) is 0. The fourth-order valence-electron chi connectivity index (χ4n) is 7.09. The molecule has 1 heterocycles. The molecular weight excluding hydrogens is 544 g/mol. The molecule has 0 N–H and O–H groups in total. The maximum absolute atomic E-state index is 6.77. The third kappa shape index (κ3) is 4.09. The molecule has 0 saturated carbocycles. The molecule has 0 bridgehead atoms. The van der Waals surface area contributed by atoms with E-state index in [-0.39, 0.29) is 0 Å². The highest BCUT2D eigenvalue weighted by Gasteiger charge is 2.18. The Morgan fingerprint density at radius 3 is 1.20 bits per heavy atom. The van der Waals surface area contributed by atoms with Crippen LogP contribution in [0.15, 0.2) is 174 Å². The number of rotatable bonds is 4. The predicted octanol–water partition coefficient (Wildman–Crippen LogP) is 12.6. The quantitative estimate of drug-likeness (QED) is 0.191. The third-order valence-corrected chi connectivity index (χ3v) is 9.07. The monoisotopic (exact) mass is 572 g/mol. The van der Waals surface area contributed by atoms with Crippen LogP contribution < -0.4 is 0 Å². The summed E-state index contributed by atoms with van der Waals surface area (Å²) in [6.07, 6.45) is 0. The van der Waals surface area contributed by atoms with Gasteiger partial charge in [0.2, 0.25) is 0 Å². The molecule has 0 aliphatic carbocycles. The summed E-state index contributed by atoms with van der Waals surface area (Å²) in [5, 5.41) is 7.29. The zero-order valence-corrected chi connectivity index (χ0v) is 24.6. The van der Waals surface area contributed by atoms with E-state index in [0.717, 1.165) is 44.2 Å². The highest BCUT2D eigenvalue weighted by atomic mass is 16.3. The molecule has 0 saturated heterocycles. The Kier molecular flexibility index (Phi) is 5.89. The van der Waals surface area contributed by atoms with Gasteiger partial charge in [-0.05, 0) is 61.0 Å². The van der Waals surface area contributed by atoms with Crippen LogP contribution in [-0.4, -0.2) is 0 Å². The first-order valence-electron chi connectivity index (χ1n) is 15.4. The van der Waals surface area contributed by atoms with Gasteiger partial charge in [-0.2, -0.15) is 0 Å². The second-order valence-corrected chi connectivity index (χ2v) is 11.6. The lowest BCUT2D eigenvalue weighted by Gasteiger charge is -2.18. The van der Waals surface area contributed by atoms with Crippen LogP contribution in [0.25, 0.3) is 88.0 Å². The SMILES string of the molecule is c1ccc(-c2c3ccccc3c(-c3cccc(-c4cccc5c4oc4c(-c6ccccc6)cccc45)c3)c3ccccc23)cc1. The Labute approximate surface area is 261 Å². The first-order chi connectivity index (χ1) is 22.3. The number of fused-ring (bicyclic) bond motifs is 5. The average molecular weight is 573 g/mol. The molecule has 1 nitrogen and oxygen atoms in total. The molecule has 0 fully saturated rings. The van der Waals surface area contributed by atoms with Gasteiger partial charge in [0.25, 0.3) is 0 Å². The number of hydrogen-bond acceptors (Lipinski definition) is 1. The van der Waals surface area contributed by atoms with Gasteiger partial charge in [-0.25, -0.2) is 0 Å². The van der Waals surface area contributed by atoms with E-state index in [1.165, 1.54) is 43.8 Å². The van der Waals surface area contributed by atoms with Crippen molar-refractivity contribution in [3.8, 4) is 44.5 Å². The summed E-state index contributed by atoms with van der Waals surface area (Å²) in [4.78, 5) is 0. The average Bonchev–Trinajstić information content (AvgIpc) is 3.50. The maximum atomic E-state index is 6.77. The second-order valence-electron chi connectivity index (χ2n) is 11.6. The van der Waals surface area contributed by atoms with Crippen molar-refractivity contribution in [3.63, 3.8) is 0 Å². The first-order valence-corrected chi connectivity index (χ1v) is 15.4. The van der Waals surface area contributed by atoms with Gasteiger partial charge in [0.05, 0.1) is 0 Å². The second kappa shape index (κ2) is 10.4. The minimum Gasteiger partial charge on any atom is -0.455 e. The van der Waals surface area contributed by atoms with Gasteiger partial charge in [-0.3, -0.25) is 0 Å². The summed E-state index contributed by atoms with van der Waals surface area (Å²) in [6, 6.07) is 60.8. The zero-order valence-electron chi connectivity index (χ0n) is 24.6. The first kappa shape index (κ1) is 25.6. The van der Waals surface area contributed by atoms with Crippen LogP contribution in [0.2, 0.25) is 0 Å². The number of para-hydroxylation sites is 2. The zero-order chi connectivity index (χ0) is 29.7. The van der Waals surface area contributed by atoms with Gasteiger partial charge in [0.1, 0.15) is 11.2 Å². The van der Waals surface area contributed by atoms with Gasteiger partial charge in [-0.15, -0.1) is 0 Å². The van der Waals surface area contributed by atoms with Crippen molar-refractivity contribution in [3.05, 3.63) is 170 Å². The Hall–Kier alpha value is -5.92. The van der Waals surface area contributed by atoms with Gasteiger partial charge in [-0.1, -0.05) is 164 Å². The van der Waals surface area contributed by atoms with E-state index in [1.807, 2.05) is 0 Å². The van der Waals surface area contributed by atoms with Gasteiger partial charge in [0.15, 0.2) is 0 Å². The van der Waals surface area contributed by atoms with E-state index >= 15 is 0 Å². The highest BCUT2D eigenvalue weighted by molar-refractivity contribution is 6.21. The van der Waals surface area contributed by atoms with Crippen LogP contribution in [0.1, 0.15) is 0 Å². The fourth-order valence-corrected chi connectivity index (χ4v) is 7.09. The topological polar surface area (TPSA) is 13.1 Å². The Morgan fingerprint density at radius 1 is 0.267 bits per heavy atom. The molecule has 9 rings (SSSR count). The molecule has 0 aliphatic heterocycles. The molecule has 210 valence electrons. The summed E-state index contributed by atoms with van der Waals surface area (Å²) < 4.78 is 6.77. The maximum Gasteiger partial charge on any atom is 0.143 e. The van der Waals surface area contributed by atoms with Crippen molar-refractivity contribution in [2.24, 2.45) is 0 Å². The summed E-state index contributed by atoms with van der Waals surface area (Å²) >= 11 is 0. The van der Waals surface area contributed by atoms with E-state index in [9.17, 15) is 0 Å². The molecule has 9 aromatic rings. The van der Waals surface area contributed by atoms with Gasteiger partial charge < -0.3 is 4.42 Å². The van der Waals surface area contributed by atoms with Crippen molar-refractivity contribution in [2.45, 2.75) is 0 Å². The predicted molar refractivity (Wildman–Crippen MR) is 190 cm³/mol. The minimum absolute atomic E-state index is 0.919. The summed E-state index contributed by atoms with van der Waals surface area (Å²) in [6.45, 7) is 0. The Morgan fingerprint density at radius 2 is 0.644 bits per heavy atom. The van der Waals surface area contributed by atoms with Crippen molar-refractivity contribution in [1.82, 2.24) is 0 Å². The van der Waals surface area contributed by atoms with Crippen molar-refractivity contribution in [2.75, 3.05) is 0 Å². The molecule has 0 radical (unpaired) electrons. The summed E-state index contributed by atoms with van der Waals surface area (Å²) in [7, 11) is 0. The van der Waals surface area contributed by atoms with E-state index < -0.39 is 0 Å². The molecule has 8 aromatic carbocycles. The van der Waals surface area contributed by atoms with Gasteiger partial charge >= 0.3 is 0 Å². The lowest BCUT2D eigenvalue weighted by molar-refractivity contribution is 0.671. The van der Waals surface area contributed by atoms with E-state index in [0.29, 0.717) is 0 Å². The smallest absolute Gasteiger partial charge is 0.143 e. The third-order valence-electron chi connectivity index (χ3n) is 9.07. The minimum atomic E-state index is 0.919. The molecule has 0 unspecified atom stereocenters. The molecule has 0 aliphatic rings. The van der Waals surface area contributed by atoms with Crippen LogP contribution >= 0.6 is 0 Å². The lowest BCUT2D eigenvalue weighted by atomic mass is 9.85. The number of furan rings is 1. The van der Waals surface area contributed by atoms with Crippen LogP contribution in [0.5, 0.6) is 0 Å². The van der Waals surface area contributed by atoms with Crippen LogP contribution in [0.4, 0.5) is 0 Å². The highest BCUT2D eigenvalue weighted by Crippen LogP contribution is 2.45. The molecule has 1 heteroatoms. The Bertz CT molecular complexity index is 2460. The van der Waals surface area contributed by atoms with Crippen LogP contribution in [-0.2, 0) is 0 Å². The molecule has 0 amide bonds. The standard InChI is InChI=1S/C44H28O/c1-3-14-29(15-4-1)33-24-12-26-39-40-27-13-25-34(44(40)45-43(33)39)31-18-11-19-32(28-31)42-37-22-9-7-20-35(37)41(30-16-5-2-6-17-30)36-21-8-10-23-38(36)42/h1-28H. The Balaban J connectivity index is 1.28. The van der Waals surface area contributed by atoms with Crippen LogP contribution in [0, 0.1) is 0 Å². The number of benzene rings is 8. The van der Waals surface area contributed by atoms with E-state index in [2.05, 4.69) is 170 Å². The normalized spacial score (nSPS) is 11.6. The lowest BCUT2D eigenvalue weighted by Crippen LogP contribution is -1.91. The molecular formula is C44H28O. The van der Waals surface area contributed by atoms with Crippen molar-refractivity contribution >= 4 is 43.5 Å². The van der Waals surface area contributed by atoms with Crippen molar-refractivity contribution < 1.29 is 4.42 Å². The van der Waals surface area contributed by atoms with Gasteiger partial charge in [0, 0.05) is 21.9 Å². The van der Waals surface area contributed by atoms with E-state index in [1.54, 1.807) is 0 Å². The molecule has 1 aromatic heterocycles. The molecule has 0 atom stereocenters.